The van der Waals surface area contributed by atoms with Crippen molar-refractivity contribution in [2.24, 2.45) is 0 Å². The molecule has 2 aromatic carbocycles. The number of hydrogen-bond acceptors (Lipinski definition) is 8. The molecule has 0 fully saturated rings. The van der Waals surface area contributed by atoms with E-state index in [1.807, 2.05) is 12.1 Å². The number of rotatable bonds is 8. The molecule has 150 valence electrons. The highest BCUT2D eigenvalue weighted by Crippen LogP contribution is 2.15. The van der Waals surface area contributed by atoms with Gasteiger partial charge in [-0.3, -0.25) is 0 Å². The molecule has 0 saturated carbocycles. The van der Waals surface area contributed by atoms with Gasteiger partial charge in [0, 0.05) is 5.69 Å². The van der Waals surface area contributed by atoms with Crippen LogP contribution >= 0.6 is 0 Å². The number of benzene rings is 2. The number of nitrogens with one attached hydrogen (secondary N) is 1. The largest absolute Gasteiger partial charge is 0.482 e. The van der Waals surface area contributed by atoms with E-state index in [0.29, 0.717) is 11.4 Å². The van der Waals surface area contributed by atoms with Crippen molar-refractivity contribution < 1.29 is 18.7 Å². The molecule has 0 aliphatic rings. The molecule has 0 aliphatic carbocycles. The molecular weight excluding hydrogens is 377 g/mol. The zero-order valence-electron chi connectivity index (χ0n) is 15.8. The van der Waals surface area contributed by atoms with Crippen LogP contribution in [0.2, 0.25) is 0 Å². The van der Waals surface area contributed by atoms with Crippen molar-refractivity contribution >= 4 is 23.6 Å². The van der Waals surface area contributed by atoms with Gasteiger partial charge < -0.3 is 20.5 Å². The first-order chi connectivity index (χ1) is 14.0. The van der Waals surface area contributed by atoms with Gasteiger partial charge in [0.25, 0.3) is 0 Å². The van der Waals surface area contributed by atoms with Crippen molar-refractivity contribution in [3.05, 3.63) is 65.7 Å². The van der Waals surface area contributed by atoms with Crippen LogP contribution in [0.25, 0.3) is 0 Å². The van der Waals surface area contributed by atoms with Gasteiger partial charge in [0.15, 0.2) is 19.0 Å². The Kier molecular flexibility index (Phi) is 6.51. The molecule has 0 radical (unpaired) electrons. The van der Waals surface area contributed by atoms with Crippen molar-refractivity contribution in [3.8, 4) is 5.75 Å². The van der Waals surface area contributed by atoms with Crippen LogP contribution in [-0.2, 0) is 22.6 Å². The Morgan fingerprint density at radius 2 is 1.79 bits per heavy atom. The summed E-state index contributed by atoms with van der Waals surface area (Å²) in [5.41, 5.74) is 7.42. The summed E-state index contributed by atoms with van der Waals surface area (Å²) < 4.78 is 23.5. The molecule has 8 nitrogen and oxygen atoms in total. The maximum absolute atomic E-state index is 13.0. The number of anilines is 3. The first-order valence-electron chi connectivity index (χ1n) is 8.92. The number of nitrogens with two attached hydrogens (primary N) is 1. The Morgan fingerprint density at radius 1 is 1.07 bits per heavy atom. The smallest absolute Gasteiger partial charge is 0.344 e. The quantitative estimate of drug-likeness (QED) is 0.558. The molecule has 1 aromatic heterocycles. The fourth-order valence-corrected chi connectivity index (χ4v) is 2.37. The van der Waals surface area contributed by atoms with Crippen molar-refractivity contribution in [1.29, 1.82) is 0 Å². The molecule has 0 saturated heterocycles. The molecule has 3 N–H and O–H groups in total. The average Bonchev–Trinajstić information content (AvgIpc) is 2.72. The number of carbonyl (C=O) groups excluding carboxylic acids is 1. The van der Waals surface area contributed by atoms with Gasteiger partial charge in [-0.15, -0.1) is 0 Å². The number of nitrogens with zero attached hydrogens (tertiary/aromatic N) is 3. The second-order valence-electron chi connectivity index (χ2n) is 6.01. The van der Waals surface area contributed by atoms with E-state index < -0.39 is 5.97 Å². The minimum atomic E-state index is -0.573. The Morgan fingerprint density at radius 3 is 2.48 bits per heavy atom. The van der Waals surface area contributed by atoms with Gasteiger partial charge >= 0.3 is 5.97 Å². The summed E-state index contributed by atoms with van der Waals surface area (Å²) in [4.78, 5) is 23.9. The number of halogens is 1. The molecule has 0 spiro atoms. The molecule has 3 aromatic rings. The van der Waals surface area contributed by atoms with E-state index >= 15 is 0 Å². The molecule has 0 amide bonds. The van der Waals surface area contributed by atoms with Crippen molar-refractivity contribution in [3.63, 3.8) is 0 Å². The van der Waals surface area contributed by atoms with Crippen molar-refractivity contribution in [2.45, 2.75) is 20.0 Å². The molecule has 29 heavy (non-hydrogen) atoms. The minimum absolute atomic E-state index is 0.0390. The fraction of sp³-hybridized carbons (Fsp3) is 0.200. The van der Waals surface area contributed by atoms with E-state index in [4.69, 9.17) is 15.2 Å². The normalized spacial score (nSPS) is 10.4. The molecule has 9 heteroatoms. The maximum atomic E-state index is 13.0. The van der Waals surface area contributed by atoms with Crippen LogP contribution in [0.15, 0.2) is 48.5 Å². The van der Waals surface area contributed by atoms with Gasteiger partial charge in [0.1, 0.15) is 11.6 Å². The van der Waals surface area contributed by atoms with Crippen LogP contribution in [0.5, 0.6) is 5.75 Å². The fourth-order valence-electron chi connectivity index (χ4n) is 2.37. The first-order valence-corrected chi connectivity index (χ1v) is 8.92. The van der Waals surface area contributed by atoms with Gasteiger partial charge in [-0.25, -0.2) is 9.18 Å². The average molecular weight is 397 g/mol. The summed E-state index contributed by atoms with van der Waals surface area (Å²) in [7, 11) is 0. The van der Waals surface area contributed by atoms with E-state index in [0.717, 1.165) is 6.42 Å². The lowest BCUT2D eigenvalue weighted by molar-refractivity contribution is -0.147. The van der Waals surface area contributed by atoms with Gasteiger partial charge in [-0.2, -0.15) is 15.0 Å². The summed E-state index contributed by atoms with van der Waals surface area (Å²) in [5, 5.41) is 2.88. The zero-order chi connectivity index (χ0) is 20.6. The molecule has 0 aliphatic heterocycles. The van der Waals surface area contributed by atoms with Crippen LogP contribution in [0.1, 0.15) is 18.3 Å². The minimum Gasteiger partial charge on any atom is -0.482 e. The molecular formula is C20H20FN5O3. The van der Waals surface area contributed by atoms with Gasteiger partial charge in [0.05, 0.1) is 0 Å². The second kappa shape index (κ2) is 9.45. The Balaban J connectivity index is 1.53. The molecule has 0 bridgehead atoms. The number of carbonyl (C=O) groups is 1. The molecule has 0 atom stereocenters. The van der Waals surface area contributed by atoms with Crippen molar-refractivity contribution in [1.82, 2.24) is 15.0 Å². The number of esters is 1. The van der Waals surface area contributed by atoms with Gasteiger partial charge in [-0.05, 0) is 48.4 Å². The van der Waals surface area contributed by atoms with Crippen LogP contribution in [-0.4, -0.2) is 27.5 Å². The Hall–Kier alpha value is -3.75. The Labute approximate surface area is 166 Å². The Bertz CT molecular complexity index is 965. The number of hydrogen-bond donors (Lipinski definition) is 2. The van der Waals surface area contributed by atoms with Crippen LogP contribution in [0, 0.1) is 5.82 Å². The second-order valence-corrected chi connectivity index (χ2v) is 6.01. The van der Waals surface area contributed by atoms with Gasteiger partial charge in [0.2, 0.25) is 11.9 Å². The third kappa shape index (κ3) is 6.13. The highest BCUT2D eigenvalue weighted by Gasteiger charge is 2.10. The van der Waals surface area contributed by atoms with E-state index in [9.17, 15) is 9.18 Å². The SMILES string of the molecule is CCc1ccc(OCC(=O)OCc2nc(N)nc(Nc3ccc(F)cc3)n2)cc1. The van der Waals surface area contributed by atoms with Crippen LogP contribution in [0.4, 0.5) is 22.0 Å². The first kappa shape index (κ1) is 20.0. The third-order valence-corrected chi connectivity index (χ3v) is 3.85. The number of nitrogen functional groups attached to an aromatic ring is 1. The monoisotopic (exact) mass is 397 g/mol. The summed E-state index contributed by atoms with van der Waals surface area (Å²) in [6.45, 7) is 1.62. The summed E-state index contributed by atoms with van der Waals surface area (Å²) in [6.07, 6.45) is 0.926. The summed E-state index contributed by atoms with van der Waals surface area (Å²) in [6, 6.07) is 13.1. The highest BCUT2D eigenvalue weighted by atomic mass is 19.1. The molecule has 3 rings (SSSR count). The lowest BCUT2D eigenvalue weighted by Crippen LogP contribution is -2.16. The molecule has 1 heterocycles. The summed E-state index contributed by atoms with van der Waals surface area (Å²) in [5.74, 6) is -0.0686. The van der Waals surface area contributed by atoms with Crippen LogP contribution < -0.4 is 15.8 Å². The number of aromatic nitrogens is 3. The lowest BCUT2D eigenvalue weighted by Gasteiger charge is -2.09. The van der Waals surface area contributed by atoms with Crippen LogP contribution in [0.3, 0.4) is 0 Å². The van der Waals surface area contributed by atoms with Crippen molar-refractivity contribution in [2.75, 3.05) is 17.7 Å². The molecule has 0 unspecified atom stereocenters. The summed E-state index contributed by atoms with van der Waals surface area (Å²) >= 11 is 0. The lowest BCUT2D eigenvalue weighted by atomic mass is 10.2. The zero-order valence-corrected chi connectivity index (χ0v) is 15.8. The standard InChI is InChI=1S/C20H20FN5O3/c1-2-13-3-9-16(10-4-13)28-12-18(27)29-11-17-24-19(22)26-20(25-17)23-15-7-5-14(21)6-8-15/h3-10H,2,11-12H2,1H3,(H3,22,23,24,25,26). The topological polar surface area (TPSA) is 112 Å². The van der Waals surface area contributed by atoms with Gasteiger partial charge in [-0.1, -0.05) is 19.1 Å². The van der Waals surface area contributed by atoms with E-state index in [1.165, 1.54) is 29.8 Å². The maximum Gasteiger partial charge on any atom is 0.344 e. The van der Waals surface area contributed by atoms with E-state index in [1.54, 1.807) is 12.1 Å². The van der Waals surface area contributed by atoms with E-state index in [-0.39, 0.29) is 36.8 Å². The predicted octanol–water partition coefficient (Wildman–Crippen LogP) is 3.02. The predicted molar refractivity (Wildman–Crippen MR) is 105 cm³/mol. The number of ether oxygens (including phenoxy) is 2. The number of aryl methyl sites for hydroxylation is 1. The van der Waals surface area contributed by atoms with E-state index in [2.05, 4.69) is 27.2 Å². The highest BCUT2D eigenvalue weighted by molar-refractivity contribution is 5.71. The third-order valence-electron chi connectivity index (χ3n) is 3.85.